The lowest BCUT2D eigenvalue weighted by Crippen LogP contribution is -2.32. The van der Waals surface area contributed by atoms with Crippen molar-refractivity contribution < 1.29 is 9.63 Å². The number of anilines is 1. The fraction of sp³-hybridized carbons (Fsp3) is 0.312. The number of aromatic nitrogens is 2. The Balaban J connectivity index is 2.04. The molecule has 1 heterocycles. The predicted octanol–water partition coefficient (Wildman–Crippen LogP) is 1.86. The van der Waals surface area contributed by atoms with Gasteiger partial charge in [-0.05, 0) is 5.56 Å². The van der Waals surface area contributed by atoms with Gasteiger partial charge in [-0.15, -0.1) is 4.73 Å². The maximum Gasteiger partial charge on any atom is 0.382 e. The maximum atomic E-state index is 11.9. The van der Waals surface area contributed by atoms with Crippen LogP contribution in [0.15, 0.2) is 47.4 Å². The summed E-state index contributed by atoms with van der Waals surface area (Å²) < 4.78 is 1.04. The topological polar surface area (TPSA) is 73.2 Å². The highest BCUT2D eigenvalue weighted by Gasteiger charge is 2.21. The lowest BCUT2D eigenvalue weighted by Gasteiger charge is -2.17. The molecule has 1 amide bonds. The number of nitrogens with zero attached hydrogens (tertiary/aromatic N) is 2. The van der Waals surface area contributed by atoms with Crippen molar-refractivity contribution in [2.75, 3.05) is 5.32 Å². The third-order valence-corrected chi connectivity index (χ3v) is 2.91. The highest BCUT2D eigenvalue weighted by molar-refractivity contribution is 5.93. The SMILES string of the molecule is CC(C)(C)C(=O)Nc1ccn(OCc2ccccc2)c(=O)n1. The molecule has 116 valence electrons. The van der Waals surface area contributed by atoms with Crippen molar-refractivity contribution in [2.24, 2.45) is 5.41 Å². The van der Waals surface area contributed by atoms with Gasteiger partial charge in [0.15, 0.2) is 0 Å². The molecule has 0 atom stereocenters. The number of nitrogens with one attached hydrogen (secondary N) is 1. The second-order valence-electron chi connectivity index (χ2n) is 5.88. The van der Waals surface area contributed by atoms with Crippen molar-refractivity contribution >= 4 is 11.7 Å². The maximum absolute atomic E-state index is 11.9. The molecular weight excluding hydrogens is 282 g/mol. The highest BCUT2D eigenvalue weighted by Crippen LogP contribution is 2.15. The minimum Gasteiger partial charge on any atom is -0.405 e. The summed E-state index contributed by atoms with van der Waals surface area (Å²) in [6.45, 7) is 5.61. The Kier molecular flexibility index (Phi) is 4.60. The van der Waals surface area contributed by atoms with Crippen molar-refractivity contribution in [1.29, 1.82) is 0 Å². The first-order chi connectivity index (χ1) is 10.4. The molecule has 22 heavy (non-hydrogen) atoms. The molecule has 1 N–H and O–H groups in total. The molecule has 0 saturated carbocycles. The third kappa shape index (κ3) is 4.18. The molecule has 0 unspecified atom stereocenters. The van der Waals surface area contributed by atoms with Crippen LogP contribution in [0.2, 0.25) is 0 Å². The van der Waals surface area contributed by atoms with Gasteiger partial charge in [0.1, 0.15) is 12.4 Å². The Morgan fingerprint density at radius 3 is 2.50 bits per heavy atom. The second kappa shape index (κ2) is 6.43. The zero-order valence-corrected chi connectivity index (χ0v) is 12.9. The van der Waals surface area contributed by atoms with E-state index in [1.807, 2.05) is 30.3 Å². The van der Waals surface area contributed by atoms with E-state index in [0.29, 0.717) is 0 Å². The van der Waals surface area contributed by atoms with Gasteiger partial charge in [-0.3, -0.25) is 4.79 Å². The van der Waals surface area contributed by atoms with Crippen LogP contribution in [0, 0.1) is 5.41 Å². The molecule has 0 saturated heterocycles. The lowest BCUT2D eigenvalue weighted by atomic mass is 9.96. The van der Waals surface area contributed by atoms with Gasteiger partial charge in [-0.2, -0.15) is 4.98 Å². The molecule has 2 aromatic rings. The van der Waals surface area contributed by atoms with Gasteiger partial charge >= 0.3 is 5.69 Å². The summed E-state index contributed by atoms with van der Waals surface area (Å²) in [4.78, 5) is 32.9. The van der Waals surface area contributed by atoms with Crippen LogP contribution >= 0.6 is 0 Å². The average molecular weight is 301 g/mol. The molecule has 0 radical (unpaired) electrons. The predicted molar refractivity (Wildman–Crippen MR) is 83.3 cm³/mol. The van der Waals surface area contributed by atoms with Gasteiger partial charge in [0.05, 0.1) is 6.20 Å². The molecule has 6 nitrogen and oxygen atoms in total. The molecule has 0 spiro atoms. The van der Waals surface area contributed by atoms with E-state index in [1.165, 1.54) is 12.3 Å². The number of hydrogen-bond acceptors (Lipinski definition) is 4. The Labute approximate surface area is 128 Å². The number of rotatable bonds is 4. The van der Waals surface area contributed by atoms with Crippen molar-refractivity contribution in [1.82, 2.24) is 9.71 Å². The number of carbonyl (C=O) groups excluding carboxylic acids is 1. The first kappa shape index (κ1) is 15.8. The Morgan fingerprint density at radius 1 is 1.23 bits per heavy atom. The number of benzene rings is 1. The van der Waals surface area contributed by atoms with Crippen LogP contribution in [0.4, 0.5) is 5.82 Å². The van der Waals surface area contributed by atoms with Crippen molar-refractivity contribution in [3.63, 3.8) is 0 Å². The van der Waals surface area contributed by atoms with E-state index in [-0.39, 0.29) is 18.3 Å². The zero-order valence-electron chi connectivity index (χ0n) is 12.9. The van der Waals surface area contributed by atoms with Gasteiger partial charge < -0.3 is 10.2 Å². The van der Waals surface area contributed by atoms with Gasteiger partial charge in [0, 0.05) is 11.5 Å². The van der Waals surface area contributed by atoms with E-state index in [0.717, 1.165) is 10.3 Å². The molecule has 0 aliphatic rings. The normalized spacial score (nSPS) is 11.0. The molecule has 0 aliphatic carbocycles. The molecule has 2 rings (SSSR count). The van der Waals surface area contributed by atoms with E-state index < -0.39 is 11.1 Å². The molecule has 0 fully saturated rings. The molecule has 6 heteroatoms. The van der Waals surface area contributed by atoms with Crippen LogP contribution in [0.25, 0.3) is 0 Å². The molecule has 1 aromatic carbocycles. The number of hydrogen-bond donors (Lipinski definition) is 1. The van der Waals surface area contributed by atoms with Gasteiger partial charge in [0.2, 0.25) is 5.91 Å². The van der Waals surface area contributed by atoms with Crippen molar-refractivity contribution in [3.05, 3.63) is 58.6 Å². The Bertz CT molecular complexity index is 703. The third-order valence-electron chi connectivity index (χ3n) is 2.91. The molecular formula is C16H19N3O3. The second-order valence-corrected chi connectivity index (χ2v) is 5.88. The molecule has 0 aliphatic heterocycles. The minimum atomic E-state index is -0.581. The van der Waals surface area contributed by atoms with E-state index in [2.05, 4.69) is 10.3 Å². The average Bonchev–Trinajstić information content (AvgIpc) is 2.46. The van der Waals surface area contributed by atoms with Crippen LogP contribution < -0.4 is 15.8 Å². The first-order valence-electron chi connectivity index (χ1n) is 6.94. The van der Waals surface area contributed by atoms with Gasteiger partial charge in [0.25, 0.3) is 0 Å². The summed E-state index contributed by atoms with van der Waals surface area (Å²) in [5.74, 6) is 0.00633. The monoisotopic (exact) mass is 301 g/mol. The largest absolute Gasteiger partial charge is 0.405 e. The summed E-state index contributed by atoms with van der Waals surface area (Å²) in [6.07, 6.45) is 1.44. The highest BCUT2D eigenvalue weighted by atomic mass is 16.7. The minimum absolute atomic E-state index is 0.206. The van der Waals surface area contributed by atoms with E-state index in [1.54, 1.807) is 20.8 Å². The van der Waals surface area contributed by atoms with Crippen molar-refractivity contribution in [2.45, 2.75) is 27.4 Å². The van der Waals surface area contributed by atoms with Crippen LogP contribution in [-0.2, 0) is 11.4 Å². The first-order valence-corrected chi connectivity index (χ1v) is 6.94. The fourth-order valence-corrected chi connectivity index (χ4v) is 1.58. The smallest absolute Gasteiger partial charge is 0.382 e. The Morgan fingerprint density at radius 2 is 1.91 bits per heavy atom. The summed E-state index contributed by atoms with van der Waals surface area (Å²) in [5.41, 5.74) is -0.192. The van der Waals surface area contributed by atoms with Crippen LogP contribution in [0.1, 0.15) is 26.3 Å². The summed E-state index contributed by atoms with van der Waals surface area (Å²) >= 11 is 0. The van der Waals surface area contributed by atoms with Gasteiger partial charge in [-0.1, -0.05) is 51.1 Å². The van der Waals surface area contributed by atoms with Crippen LogP contribution in [0.5, 0.6) is 0 Å². The Hall–Kier alpha value is -2.63. The molecule has 0 bridgehead atoms. The summed E-state index contributed by atoms with van der Waals surface area (Å²) in [6, 6.07) is 11.0. The number of amides is 1. The van der Waals surface area contributed by atoms with Crippen molar-refractivity contribution in [3.8, 4) is 0 Å². The standard InChI is InChI=1S/C16H19N3O3/c1-16(2,3)14(20)17-13-9-10-19(15(21)18-13)22-11-12-7-5-4-6-8-12/h4-10H,11H2,1-3H3,(H,17,18,20,21). The van der Waals surface area contributed by atoms with E-state index in [4.69, 9.17) is 4.84 Å². The quantitative estimate of drug-likeness (QED) is 0.935. The van der Waals surface area contributed by atoms with Gasteiger partial charge in [-0.25, -0.2) is 4.79 Å². The summed E-state index contributed by atoms with van der Waals surface area (Å²) in [5, 5.41) is 2.60. The fourth-order valence-electron chi connectivity index (χ4n) is 1.58. The van der Waals surface area contributed by atoms with Crippen LogP contribution in [0.3, 0.4) is 0 Å². The van der Waals surface area contributed by atoms with Crippen LogP contribution in [-0.4, -0.2) is 15.6 Å². The van der Waals surface area contributed by atoms with E-state index in [9.17, 15) is 9.59 Å². The lowest BCUT2D eigenvalue weighted by molar-refractivity contribution is -0.123. The zero-order chi connectivity index (χ0) is 16.2. The van der Waals surface area contributed by atoms with E-state index >= 15 is 0 Å². The number of carbonyl (C=O) groups is 1. The molecule has 1 aromatic heterocycles. The summed E-state index contributed by atoms with van der Waals surface area (Å²) in [7, 11) is 0.